The number of methoxy groups -OCH3 is 1. The zero-order chi connectivity index (χ0) is 11.4. The van der Waals surface area contributed by atoms with E-state index in [9.17, 15) is 0 Å². The van der Waals surface area contributed by atoms with Gasteiger partial charge < -0.3 is 19.7 Å². The van der Waals surface area contributed by atoms with Gasteiger partial charge in [0.15, 0.2) is 0 Å². The second kappa shape index (κ2) is 5.96. The molecule has 1 N–H and O–H groups in total. The molecule has 2 aliphatic rings. The maximum Gasteiger partial charge on any atom is 0.0826 e. The van der Waals surface area contributed by atoms with Crippen LogP contribution in [-0.4, -0.2) is 63.5 Å². The first-order valence-electron chi connectivity index (χ1n) is 6.36. The third-order valence-electron chi connectivity index (χ3n) is 3.70. The van der Waals surface area contributed by atoms with Crippen molar-refractivity contribution in [2.24, 2.45) is 0 Å². The van der Waals surface area contributed by atoms with E-state index in [-0.39, 0.29) is 0 Å². The monoisotopic (exact) mass is 228 g/mol. The van der Waals surface area contributed by atoms with Crippen molar-refractivity contribution in [3.05, 3.63) is 0 Å². The lowest BCUT2D eigenvalue weighted by Gasteiger charge is -2.31. The highest BCUT2D eigenvalue weighted by molar-refractivity contribution is 4.85. The standard InChI is InChI=1S/C12H24N2O2/c1-14-6-7-16-10(9-14)8-13-11-4-3-5-12(11)15-2/h10-13H,3-9H2,1-2H3. The third kappa shape index (κ3) is 3.17. The number of likely N-dealkylation sites (N-methyl/N-ethyl adjacent to an activating group) is 1. The average Bonchev–Trinajstić information content (AvgIpc) is 2.74. The predicted octanol–water partition coefficient (Wildman–Crippen LogP) is 0.474. The number of hydrogen-bond acceptors (Lipinski definition) is 4. The molecular weight excluding hydrogens is 204 g/mol. The van der Waals surface area contributed by atoms with Crippen molar-refractivity contribution in [1.82, 2.24) is 10.2 Å². The minimum Gasteiger partial charge on any atom is -0.380 e. The maximum atomic E-state index is 5.73. The summed E-state index contributed by atoms with van der Waals surface area (Å²) in [7, 11) is 3.97. The van der Waals surface area contributed by atoms with Crippen molar-refractivity contribution in [1.29, 1.82) is 0 Å². The molecule has 1 aliphatic carbocycles. The topological polar surface area (TPSA) is 33.7 Å². The quantitative estimate of drug-likeness (QED) is 0.758. The van der Waals surface area contributed by atoms with Crippen LogP contribution in [0.15, 0.2) is 0 Å². The Kier molecular flexibility index (Phi) is 4.58. The zero-order valence-corrected chi connectivity index (χ0v) is 10.4. The van der Waals surface area contributed by atoms with Crippen LogP contribution in [0, 0.1) is 0 Å². The van der Waals surface area contributed by atoms with E-state index in [0.717, 1.165) is 26.2 Å². The Morgan fingerprint density at radius 1 is 1.44 bits per heavy atom. The van der Waals surface area contributed by atoms with Crippen LogP contribution < -0.4 is 5.32 Å². The molecule has 1 saturated carbocycles. The van der Waals surface area contributed by atoms with Crippen LogP contribution in [-0.2, 0) is 9.47 Å². The van der Waals surface area contributed by atoms with Crippen molar-refractivity contribution in [2.75, 3.05) is 40.4 Å². The van der Waals surface area contributed by atoms with Gasteiger partial charge in [-0.3, -0.25) is 0 Å². The second-order valence-corrected chi connectivity index (χ2v) is 4.97. The summed E-state index contributed by atoms with van der Waals surface area (Å²) in [6, 6.07) is 0.529. The van der Waals surface area contributed by atoms with Crippen LogP contribution in [0.2, 0.25) is 0 Å². The summed E-state index contributed by atoms with van der Waals surface area (Å²) in [5, 5.41) is 3.60. The number of rotatable bonds is 4. The molecule has 16 heavy (non-hydrogen) atoms. The lowest BCUT2D eigenvalue weighted by molar-refractivity contribution is -0.0219. The number of nitrogens with one attached hydrogen (secondary N) is 1. The van der Waals surface area contributed by atoms with E-state index in [4.69, 9.17) is 9.47 Å². The largest absolute Gasteiger partial charge is 0.380 e. The molecule has 4 nitrogen and oxygen atoms in total. The fourth-order valence-corrected chi connectivity index (χ4v) is 2.71. The molecule has 0 radical (unpaired) electrons. The van der Waals surface area contributed by atoms with Crippen molar-refractivity contribution in [3.8, 4) is 0 Å². The Morgan fingerprint density at radius 2 is 2.31 bits per heavy atom. The first kappa shape index (κ1) is 12.3. The van der Waals surface area contributed by atoms with Gasteiger partial charge in [0.05, 0.1) is 18.8 Å². The van der Waals surface area contributed by atoms with E-state index in [2.05, 4.69) is 17.3 Å². The van der Waals surface area contributed by atoms with Crippen LogP contribution in [0.1, 0.15) is 19.3 Å². The molecular formula is C12H24N2O2. The Balaban J connectivity index is 1.70. The molecule has 2 fully saturated rings. The second-order valence-electron chi connectivity index (χ2n) is 4.97. The third-order valence-corrected chi connectivity index (χ3v) is 3.70. The van der Waals surface area contributed by atoms with Crippen molar-refractivity contribution < 1.29 is 9.47 Å². The molecule has 0 aromatic heterocycles. The highest BCUT2D eigenvalue weighted by Gasteiger charge is 2.28. The first-order chi connectivity index (χ1) is 7.79. The van der Waals surface area contributed by atoms with E-state index in [1.807, 2.05) is 7.11 Å². The Bertz CT molecular complexity index is 213. The van der Waals surface area contributed by atoms with E-state index < -0.39 is 0 Å². The van der Waals surface area contributed by atoms with Gasteiger partial charge in [-0.2, -0.15) is 0 Å². The smallest absolute Gasteiger partial charge is 0.0826 e. The van der Waals surface area contributed by atoms with Crippen molar-refractivity contribution in [2.45, 2.75) is 37.5 Å². The van der Waals surface area contributed by atoms with Gasteiger partial charge in [0.2, 0.25) is 0 Å². The minimum atomic E-state index is 0.344. The molecule has 1 saturated heterocycles. The Hall–Kier alpha value is -0.160. The molecule has 3 atom stereocenters. The van der Waals surface area contributed by atoms with Gasteiger partial charge in [-0.05, 0) is 26.3 Å². The number of hydrogen-bond donors (Lipinski definition) is 1. The normalized spacial score (nSPS) is 36.8. The molecule has 0 spiro atoms. The zero-order valence-electron chi connectivity index (χ0n) is 10.4. The highest BCUT2D eigenvalue weighted by Crippen LogP contribution is 2.21. The van der Waals surface area contributed by atoms with E-state index in [1.54, 1.807) is 0 Å². The molecule has 4 heteroatoms. The van der Waals surface area contributed by atoms with Gasteiger partial charge in [0.25, 0.3) is 0 Å². The number of ether oxygens (including phenoxy) is 2. The summed E-state index contributed by atoms with van der Waals surface area (Å²) < 4.78 is 11.2. The predicted molar refractivity (Wildman–Crippen MR) is 63.7 cm³/mol. The number of nitrogens with zero attached hydrogens (tertiary/aromatic N) is 1. The summed E-state index contributed by atoms with van der Waals surface area (Å²) >= 11 is 0. The van der Waals surface area contributed by atoms with E-state index in [0.29, 0.717) is 18.2 Å². The summed E-state index contributed by atoms with van der Waals surface area (Å²) in [4.78, 5) is 2.33. The Morgan fingerprint density at radius 3 is 3.06 bits per heavy atom. The van der Waals surface area contributed by atoms with Crippen LogP contribution >= 0.6 is 0 Å². The molecule has 0 aromatic carbocycles. The van der Waals surface area contributed by atoms with Crippen LogP contribution in [0.5, 0.6) is 0 Å². The number of morpholine rings is 1. The molecule has 1 aliphatic heterocycles. The molecule has 0 bridgehead atoms. The van der Waals surface area contributed by atoms with E-state index >= 15 is 0 Å². The van der Waals surface area contributed by atoms with Gasteiger partial charge in [0.1, 0.15) is 0 Å². The van der Waals surface area contributed by atoms with Gasteiger partial charge >= 0.3 is 0 Å². The molecule has 2 rings (SSSR count). The lowest BCUT2D eigenvalue weighted by Crippen LogP contribution is -2.48. The van der Waals surface area contributed by atoms with E-state index in [1.165, 1.54) is 19.3 Å². The summed E-state index contributed by atoms with van der Waals surface area (Å²) in [5.41, 5.74) is 0. The molecule has 94 valence electrons. The molecule has 0 amide bonds. The van der Waals surface area contributed by atoms with Gasteiger partial charge in [-0.15, -0.1) is 0 Å². The summed E-state index contributed by atoms with van der Waals surface area (Å²) in [6.07, 6.45) is 4.46. The lowest BCUT2D eigenvalue weighted by atomic mass is 10.2. The van der Waals surface area contributed by atoms with Gasteiger partial charge in [-0.1, -0.05) is 0 Å². The maximum absolute atomic E-state index is 5.73. The van der Waals surface area contributed by atoms with Crippen molar-refractivity contribution >= 4 is 0 Å². The summed E-state index contributed by atoms with van der Waals surface area (Å²) in [6.45, 7) is 3.91. The fourth-order valence-electron chi connectivity index (χ4n) is 2.71. The Labute approximate surface area is 98.3 Å². The van der Waals surface area contributed by atoms with Gasteiger partial charge in [0, 0.05) is 32.8 Å². The van der Waals surface area contributed by atoms with Crippen LogP contribution in [0.3, 0.4) is 0 Å². The molecule has 3 unspecified atom stereocenters. The van der Waals surface area contributed by atoms with Gasteiger partial charge in [-0.25, -0.2) is 0 Å². The first-order valence-corrected chi connectivity index (χ1v) is 6.36. The average molecular weight is 228 g/mol. The minimum absolute atomic E-state index is 0.344. The van der Waals surface area contributed by atoms with Crippen LogP contribution in [0.4, 0.5) is 0 Å². The highest BCUT2D eigenvalue weighted by atomic mass is 16.5. The molecule has 0 aromatic rings. The SMILES string of the molecule is COC1CCCC1NCC1CN(C)CCO1. The van der Waals surface area contributed by atoms with Crippen LogP contribution in [0.25, 0.3) is 0 Å². The molecule has 1 heterocycles. The van der Waals surface area contributed by atoms with Crippen molar-refractivity contribution in [3.63, 3.8) is 0 Å². The fraction of sp³-hybridized carbons (Fsp3) is 1.00. The summed E-state index contributed by atoms with van der Waals surface area (Å²) in [5.74, 6) is 0.